The number of fused-ring (bicyclic) bond motifs is 2. The number of hydrogen-bond donors (Lipinski definition) is 1. The Hall–Kier alpha value is -2.44. The van der Waals surface area contributed by atoms with Gasteiger partial charge in [0, 0.05) is 11.1 Å². The molecule has 0 unspecified atom stereocenters. The van der Waals surface area contributed by atoms with E-state index in [4.69, 9.17) is 0 Å². The molecule has 2 aromatic carbocycles. The molecule has 0 radical (unpaired) electrons. The van der Waals surface area contributed by atoms with Crippen molar-refractivity contribution in [3.05, 3.63) is 60.3 Å². The van der Waals surface area contributed by atoms with Gasteiger partial charge < -0.3 is 5.32 Å². The van der Waals surface area contributed by atoms with Gasteiger partial charge in [-0.05, 0) is 31.2 Å². The van der Waals surface area contributed by atoms with Crippen LogP contribution in [-0.2, 0) is 4.79 Å². The monoisotopic (exact) mass is 365 g/mol. The maximum Gasteiger partial charge on any atom is 0.234 e. The average molecular weight is 365 g/mol. The van der Waals surface area contributed by atoms with Gasteiger partial charge in [-0.1, -0.05) is 42.1 Å². The molecule has 0 saturated carbocycles. The Labute approximate surface area is 153 Å². The van der Waals surface area contributed by atoms with Crippen molar-refractivity contribution in [1.29, 1.82) is 0 Å². The summed E-state index contributed by atoms with van der Waals surface area (Å²) in [6, 6.07) is 17.8. The molecule has 124 valence electrons. The number of aromatic nitrogens is 2. The molecule has 1 amide bonds. The Morgan fingerprint density at radius 2 is 1.96 bits per heavy atom. The molecule has 6 heteroatoms. The third-order valence-corrected chi connectivity index (χ3v) is 5.91. The predicted octanol–water partition coefficient (Wildman–Crippen LogP) is 4.88. The molecule has 0 saturated heterocycles. The third kappa shape index (κ3) is 3.50. The number of hydrogen-bond acceptors (Lipinski definition) is 5. The molecule has 0 aliphatic heterocycles. The number of para-hydroxylation sites is 2. The van der Waals surface area contributed by atoms with Gasteiger partial charge in [-0.25, -0.2) is 4.98 Å². The van der Waals surface area contributed by atoms with Crippen molar-refractivity contribution in [2.45, 2.75) is 11.3 Å². The second kappa shape index (κ2) is 6.82. The van der Waals surface area contributed by atoms with Crippen molar-refractivity contribution >= 4 is 55.8 Å². The zero-order valence-corrected chi connectivity index (χ0v) is 15.2. The van der Waals surface area contributed by atoms with Gasteiger partial charge in [0.25, 0.3) is 0 Å². The first-order chi connectivity index (χ1) is 12.2. The van der Waals surface area contributed by atoms with Gasteiger partial charge in [-0.2, -0.15) is 0 Å². The number of thiazole rings is 1. The Morgan fingerprint density at radius 3 is 2.84 bits per heavy atom. The Morgan fingerprint density at radius 1 is 1.08 bits per heavy atom. The first-order valence-corrected chi connectivity index (χ1v) is 9.64. The lowest BCUT2D eigenvalue weighted by molar-refractivity contribution is -0.113. The smallest absolute Gasteiger partial charge is 0.234 e. The van der Waals surface area contributed by atoms with Crippen LogP contribution in [0.15, 0.2) is 58.9 Å². The lowest BCUT2D eigenvalue weighted by atomic mass is 10.2. The molecule has 2 aromatic heterocycles. The highest BCUT2D eigenvalue weighted by Crippen LogP contribution is 2.29. The summed E-state index contributed by atoms with van der Waals surface area (Å²) >= 11 is 3.07. The number of amides is 1. The minimum Gasteiger partial charge on any atom is -0.323 e. The molecule has 0 aliphatic rings. The minimum absolute atomic E-state index is 0.0555. The highest BCUT2D eigenvalue weighted by molar-refractivity contribution is 8.01. The summed E-state index contributed by atoms with van der Waals surface area (Å²) in [6.07, 6.45) is 0. The van der Waals surface area contributed by atoms with Crippen LogP contribution in [0.5, 0.6) is 0 Å². The number of carbonyl (C=O) groups excluding carboxylic acids is 1. The molecule has 2 heterocycles. The second-order valence-corrected chi connectivity index (χ2v) is 7.87. The summed E-state index contributed by atoms with van der Waals surface area (Å²) in [6.45, 7) is 1.95. The van der Waals surface area contributed by atoms with Gasteiger partial charge in [0.2, 0.25) is 5.91 Å². The fourth-order valence-corrected chi connectivity index (χ4v) is 4.44. The van der Waals surface area contributed by atoms with E-state index in [0.29, 0.717) is 5.75 Å². The van der Waals surface area contributed by atoms with Crippen LogP contribution in [0.25, 0.3) is 21.1 Å². The molecule has 25 heavy (non-hydrogen) atoms. The van der Waals surface area contributed by atoms with Gasteiger partial charge in [-0.15, -0.1) is 11.3 Å². The summed E-state index contributed by atoms with van der Waals surface area (Å²) in [5, 5.41) is 3.99. The number of nitrogens with one attached hydrogen (secondary N) is 1. The van der Waals surface area contributed by atoms with E-state index < -0.39 is 0 Å². The fraction of sp³-hybridized carbons (Fsp3) is 0.105. The van der Waals surface area contributed by atoms with Gasteiger partial charge in [-0.3, -0.25) is 9.78 Å². The van der Waals surface area contributed by atoms with E-state index in [1.807, 2.05) is 61.5 Å². The van der Waals surface area contributed by atoms with Crippen LogP contribution in [0.2, 0.25) is 0 Å². The number of rotatable bonds is 4. The van der Waals surface area contributed by atoms with Crippen molar-refractivity contribution in [3.63, 3.8) is 0 Å². The van der Waals surface area contributed by atoms with Crippen molar-refractivity contribution in [2.75, 3.05) is 11.1 Å². The average Bonchev–Trinajstić information content (AvgIpc) is 3.03. The van der Waals surface area contributed by atoms with E-state index in [9.17, 15) is 4.79 Å². The molecule has 0 fully saturated rings. The molecular formula is C19H15N3OS2. The quantitative estimate of drug-likeness (QED) is 0.524. The Bertz CT molecular complexity index is 1040. The van der Waals surface area contributed by atoms with Crippen molar-refractivity contribution < 1.29 is 4.79 Å². The molecule has 4 rings (SSSR count). The van der Waals surface area contributed by atoms with E-state index in [2.05, 4.69) is 15.3 Å². The van der Waals surface area contributed by atoms with Crippen molar-refractivity contribution in [3.8, 4) is 0 Å². The second-order valence-electron chi connectivity index (χ2n) is 5.61. The topological polar surface area (TPSA) is 54.9 Å². The molecule has 0 spiro atoms. The Kier molecular flexibility index (Phi) is 4.38. The highest BCUT2D eigenvalue weighted by Gasteiger charge is 2.10. The lowest BCUT2D eigenvalue weighted by Gasteiger charge is -2.08. The molecule has 0 atom stereocenters. The molecular weight excluding hydrogens is 350 g/mol. The maximum absolute atomic E-state index is 12.3. The number of nitrogens with zero attached hydrogens (tertiary/aromatic N) is 2. The van der Waals surface area contributed by atoms with Crippen LogP contribution in [0.3, 0.4) is 0 Å². The van der Waals surface area contributed by atoms with Gasteiger partial charge in [0.05, 0.1) is 27.2 Å². The minimum atomic E-state index is -0.0555. The molecule has 4 aromatic rings. The lowest BCUT2D eigenvalue weighted by Crippen LogP contribution is -2.14. The highest BCUT2D eigenvalue weighted by atomic mass is 32.2. The van der Waals surface area contributed by atoms with Crippen LogP contribution in [0.4, 0.5) is 5.69 Å². The van der Waals surface area contributed by atoms with Gasteiger partial charge in [0.15, 0.2) is 4.34 Å². The van der Waals surface area contributed by atoms with Crippen LogP contribution in [-0.4, -0.2) is 21.6 Å². The third-order valence-electron chi connectivity index (χ3n) is 3.73. The summed E-state index contributed by atoms with van der Waals surface area (Å²) in [4.78, 5) is 21.4. The zero-order valence-electron chi connectivity index (χ0n) is 13.5. The van der Waals surface area contributed by atoms with E-state index in [1.165, 1.54) is 11.8 Å². The number of thioether (sulfide) groups is 1. The summed E-state index contributed by atoms with van der Waals surface area (Å²) in [5.41, 5.74) is 3.47. The first-order valence-electron chi connectivity index (χ1n) is 7.84. The van der Waals surface area contributed by atoms with Crippen LogP contribution in [0, 0.1) is 6.92 Å². The first kappa shape index (κ1) is 16.1. The molecule has 1 N–H and O–H groups in total. The molecule has 4 nitrogen and oxygen atoms in total. The maximum atomic E-state index is 12.3. The number of pyridine rings is 1. The number of anilines is 1. The summed E-state index contributed by atoms with van der Waals surface area (Å²) < 4.78 is 2.04. The zero-order chi connectivity index (χ0) is 17.2. The molecule has 0 bridgehead atoms. The molecule has 0 aliphatic carbocycles. The summed E-state index contributed by atoms with van der Waals surface area (Å²) in [5.74, 6) is 0.266. The SMILES string of the molecule is Cc1ccc2cccc(NC(=O)CSc3nc4ccccc4s3)c2n1. The number of aryl methyl sites for hydroxylation is 1. The standard InChI is InChI=1S/C19H15N3OS2/c1-12-9-10-13-5-4-7-15(18(13)20-12)21-17(23)11-24-19-22-14-6-2-3-8-16(14)25-19/h2-10H,11H2,1H3,(H,21,23). The fourth-order valence-electron chi connectivity index (χ4n) is 2.57. The van der Waals surface area contributed by atoms with Crippen LogP contribution in [0.1, 0.15) is 5.69 Å². The van der Waals surface area contributed by atoms with Gasteiger partial charge in [0.1, 0.15) is 0 Å². The normalized spacial score (nSPS) is 11.1. The van der Waals surface area contributed by atoms with Crippen LogP contribution < -0.4 is 5.32 Å². The largest absolute Gasteiger partial charge is 0.323 e. The number of benzene rings is 2. The van der Waals surface area contributed by atoms with Gasteiger partial charge >= 0.3 is 0 Å². The Balaban J connectivity index is 1.48. The summed E-state index contributed by atoms with van der Waals surface area (Å²) in [7, 11) is 0. The van der Waals surface area contributed by atoms with Crippen molar-refractivity contribution in [1.82, 2.24) is 9.97 Å². The van der Waals surface area contributed by atoms with E-state index >= 15 is 0 Å². The van der Waals surface area contributed by atoms with Crippen LogP contribution >= 0.6 is 23.1 Å². The number of carbonyl (C=O) groups is 1. The van der Waals surface area contributed by atoms with E-state index in [1.54, 1.807) is 11.3 Å². The predicted molar refractivity (Wildman–Crippen MR) is 105 cm³/mol. The van der Waals surface area contributed by atoms with E-state index in [-0.39, 0.29) is 5.91 Å². The van der Waals surface area contributed by atoms with Crippen molar-refractivity contribution in [2.24, 2.45) is 0 Å². The van der Waals surface area contributed by atoms with E-state index in [0.717, 1.165) is 36.8 Å².